The van der Waals surface area contributed by atoms with Gasteiger partial charge in [0.15, 0.2) is 5.13 Å². The van der Waals surface area contributed by atoms with Crippen molar-refractivity contribution < 1.29 is 14.0 Å². The molecule has 0 spiro atoms. The van der Waals surface area contributed by atoms with E-state index >= 15 is 0 Å². The SMILES string of the molecule is Cc1ccc(NC(=O)C2CCCc3sc(NC(=O)c4ccccc4)nc32)cc1F. The molecular formula is C22H20FN3O2S. The number of hydrogen-bond acceptors (Lipinski definition) is 4. The summed E-state index contributed by atoms with van der Waals surface area (Å²) < 4.78 is 13.8. The standard InChI is InChI=1S/C22H20FN3O2S/c1-13-10-11-15(12-17(13)23)24-21(28)16-8-5-9-18-19(16)25-22(29-18)26-20(27)14-6-3-2-4-7-14/h2-4,6-7,10-12,16H,5,8-9H2,1H3,(H,24,28)(H,25,26,27). The molecule has 3 aromatic rings. The Kier molecular flexibility index (Phi) is 5.40. The number of fused-ring (bicyclic) bond motifs is 1. The number of halogens is 1. The van der Waals surface area contributed by atoms with Gasteiger partial charge in [-0.15, -0.1) is 11.3 Å². The minimum absolute atomic E-state index is 0.208. The summed E-state index contributed by atoms with van der Waals surface area (Å²) in [5.41, 5.74) is 2.21. The predicted molar refractivity (Wildman–Crippen MR) is 112 cm³/mol. The highest BCUT2D eigenvalue weighted by Crippen LogP contribution is 2.37. The van der Waals surface area contributed by atoms with Gasteiger partial charge >= 0.3 is 0 Å². The first-order chi connectivity index (χ1) is 14.0. The Morgan fingerprint density at radius 2 is 1.93 bits per heavy atom. The van der Waals surface area contributed by atoms with E-state index in [0.717, 1.165) is 17.7 Å². The van der Waals surface area contributed by atoms with Gasteiger partial charge in [0.05, 0.1) is 11.6 Å². The number of thiazole rings is 1. The molecule has 1 heterocycles. The average molecular weight is 409 g/mol. The maximum absolute atomic E-state index is 13.8. The van der Waals surface area contributed by atoms with Gasteiger partial charge in [-0.25, -0.2) is 9.37 Å². The topological polar surface area (TPSA) is 71.1 Å². The third-order valence-corrected chi connectivity index (χ3v) is 6.01. The molecule has 0 aliphatic heterocycles. The van der Waals surface area contributed by atoms with Crippen molar-refractivity contribution in [2.75, 3.05) is 10.6 Å². The number of anilines is 2. The molecule has 1 unspecified atom stereocenters. The van der Waals surface area contributed by atoms with Crippen LogP contribution in [0.1, 0.15) is 45.3 Å². The summed E-state index contributed by atoms with van der Waals surface area (Å²) in [6.45, 7) is 1.68. The molecule has 0 saturated carbocycles. The summed E-state index contributed by atoms with van der Waals surface area (Å²) in [5, 5.41) is 6.11. The molecule has 1 aliphatic rings. The number of benzene rings is 2. The smallest absolute Gasteiger partial charge is 0.257 e. The van der Waals surface area contributed by atoms with Gasteiger partial charge in [-0.3, -0.25) is 14.9 Å². The number of rotatable bonds is 4. The Bertz CT molecular complexity index is 1070. The van der Waals surface area contributed by atoms with E-state index in [2.05, 4.69) is 15.6 Å². The molecule has 2 amide bonds. The monoisotopic (exact) mass is 409 g/mol. The maximum Gasteiger partial charge on any atom is 0.257 e. The molecule has 7 heteroatoms. The summed E-state index contributed by atoms with van der Waals surface area (Å²) in [4.78, 5) is 30.8. The zero-order valence-corrected chi connectivity index (χ0v) is 16.7. The van der Waals surface area contributed by atoms with E-state index in [0.29, 0.717) is 34.1 Å². The molecule has 0 radical (unpaired) electrons. The van der Waals surface area contributed by atoms with E-state index in [-0.39, 0.29) is 17.6 Å². The fourth-order valence-electron chi connectivity index (χ4n) is 3.39. The molecule has 0 saturated heterocycles. The van der Waals surface area contributed by atoms with Crippen molar-refractivity contribution in [3.8, 4) is 0 Å². The molecule has 1 aromatic heterocycles. The Balaban J connectivity index is 1.51. The van der Waals surface area contributed by atoms with E-state index in [4.69, 9.17) is 0 Å². The predicted octanol–water partition coefficient (Wildman–Crippen LogP) is 4.90. The highest BCUT2D eigenvalue weighted by Gasteiger charge is 2.30. The molecule has 1 atom stereocenters. The van der Waals surface area contributed by atoms with Gasteiger partial charge in [0, 0.05) is 16.1 Å². The van der Waals surface area contributed by atoms with Gasteiger partial charge in [0.1, 0.15) is 5.82 Å². The molecular weight excluding hydrogens is 389 g/mol. The second kappa shape index (κ2) is 8.13. The van der Waals surface area contributed by atoms with Crippen LogP contribution in [0.15, 0.2) is 48.5 Å². The fourth-order valence-corrected chi connectivity index (χ4v) is 4.45. The molecule has 4 rings (SSSR count). The second-order valence-electron chi connectivity index (χ2n) is 7.05. The van der Waals surface area contributed by atoms with Crippen molar-refractivity contribution in [3.05, 3.63) is 76.0 Å². The lowest BCUT2D eigenvalue weighted by atomic mass is 9.90. The first kappa shape index (κ1) is 19.3. The van der Waals surface area contributed by atoms with Gasteiger partial charge in [-0.05, 0) is 56.0 Å². The van der Waals surface area contributed by atoms with E-state index in [1.807, 2.05) is 6.07 Å². The molecule has 0 fully saturated rings. The number of nitrogens with one attached hydrogen (secondary N) is 2. The van der Waals surface area contributed by atoms with Gasteiger partial charge in [-0.2, -0.15) is 0 Å². The van der Waals surface area contributed by atoms with Crippen molar-refractivity contribution in [1.29, 1.82) is 0 Å². The Morgan fingerprint density at radius 3 is 2.69 bits per heavy atom. The molecule has 0 bridgehead atoms. The van der Waals surface area contributed by atoms with Crippen LogP contribution in [-0.4, -0.2) is 16.8 Å². The van der Waals surface area contributed by atoms with Crippen LogP contribution in [0.3, 0.4) is 0 Å². The number of aryl methyl sites for hydroxylation is 2. The van der Waals surface area contributed by atoms with Crippen LogP contribution in [-0.2, 0) is 11.2 Å². The highest BCUT2D eigenvalue weighted by atomic mass is 32.1. The normalized spacial score (nSPS) is 15.4. The number of carbonyl (C=O) groups is 2. The van der Waals surface area contributed by atoms with E-state index < -0.39 is 5.92 Å². The number of aromatic nitrogens is 1. The molecule has 148 valence electrons. The number of hydrogen-bond donors (Lipinski definition) is 2. The van der Waals surface area contributed by atoms with Gasteiger partial charge in [0.2, 0.25) is 5.91 Å². The van der Waals surface area contributed by atoms with Crippen LogP contribution < -0.4 is 10.6 Å². The summed E-state index contributed by atoms with van der Waals surface area (Å²) in [5.74, 6) is -1.21. The Labute approximate surface area is 172 Å². The van der Waals surface area contributed by atoms with Crippen LogP contribution >= 0.6 is 11.3 Å². The van der Waals surface area contributed by atoms with E-state index in [1.54, 1.807) is 43.3 Å². The van der Waals surface area contributed by atoms with Crippen LogP contribution in [0.5, 0.6) is 0 Å². The van der Waals surface area contributed by atoms with Gasteiger partial charge in [0.25, 0.3) is 5.91 Å². The Morgan fingerprint density at radius 1 is 1.14 bits per heavy atom. The maximum atomic E-state index is 13.8. The lowest BCUT2D eigenvalue weighted by Crippen LogP contribution is -2.24. The number of amides is 2. The third kappa shape index (κ3) is 4.19. The quantitative estimate of drug-likeness (QED) is 0.644. The average Bonchev–Trinajstić information content (AvgIpc) is 3.13. The second-order valence-corrected chi connectivity index (χ2v) is 8.13. The third-order valence-electron chi connectivity index (χ3n) is 4.97. The Hall–Kier alpha value is -3.06. The minimum Gasteiger partial charge on any atom is -0.325 e. The molecule has 2 N–H and O–H groups in total. The van der Waals surface area contributed by atoms with Crippen molar-refractivity contribution in [1.82, 2.24) is 4.98 Å². The van der Waals surface area contributed by atoms with Crippen LogP contribution in [0.4, 0.5) is 15.2 Å². The van der Waals surface area contributed by atoms with Crippen molar-refractivity contribution >= 4 is 34.0 Å². The van der Waals surface area contributed by atoms with Crippen LogP contribution in [0.25, 0.3) is 0 Å². The number of carbonyl (C=O) groups excluding carboxylic acids is 2. The van der Waals surface area contributed by atoms with E-state index in [9.17, 15) is 14.0 Å². The summed E-state index contributed by atoms with van der Waals surface area (Å²) >= 11 is 1.41. The highest BCUT2D eigenvalue weighted by molar-refractivity contribution is 7.16. The summed E-state index contributed by atoms with van der Waals surface area (Å²) in [6, 6.07) is 13.6. The van der Waals surface area contributed by atoms with E-state index in [1.165, 1.54) is 17.4 Å². The lowest BCUT2D eigenvalue weighted by Gasteiger charge is -2.20. The molecule has 29 heavy (non-hydrogen) atoms. The molecule has 5 nitrogen and oxygen atoms in total. The summed E-state index contributed by atoms with van der Waals surface area (Å²) in [7, 11) is 0. The molecule has 2 aromatic carbocycles. The lowest BCUT2D eigenvalue weighted by molar-refractivity contribution is -0.117. The van der Waals surface area contributed by atoms with Crippen molar-refractivity contribution in [2.24, 2.45) is 0 Å². The summed E-state index contributed by atoms with van der Waals surface area (Å²) in [6.07, 6.45) is 2.36. The van der Waals surface area contributed by atoms with Crippen molar-refractivity contribution in [3.63, 3.8) is 0 Å². The van der Waals surface area contributed by atoms with Gasteiger partial charge in [-0.1, -0.05) is 24.3 Å². The van der Waals surface area contributed by atoms with Crippen LogP contribution in [0.2, 0.25) is 0 Å². The van der Waals surface area contributed by atoms with Crippen molar-refractivity contribution in [2.45, 2.75) is 32.1 Å². The first-order valence-electron chi connectivity index (χ1n) is 9.44. The van der Waals surface area contributed by atoms with Crippen LogP contribution in [0, 0.1) is 12.7 Å². The zero-order chi connectivity index (χ0) is 20.4. The fraction of sp³-hybridized carbons (Fsp3) is 0.227. The zero-order valence-electron chi connectivity index (χ0n) is 15.9. The number of nitrogens with zero attached hydrogens (tertiary/aromatic N) is 1. The minimum atomic E-state index is -0.415. The first-order valence-corrected chi connectivity index (χ1v) is 10.3. The van der Waals surface area contributed by atoms with Gasteiger partial charge < -0.3 is 5.32 Å². The largest absolute Gasteiger partial charge is 0.325 e. The molecule has 1 aliphatic carbocycles.